The highest BCUT2D eigenvalue weighted by Gasteiger charge is 2.22. The van der Waals surface area contributed by atoms with E-state index < -0.39 is 11.5 Å². The molecule has 194 valence electrons. The van der Waals surface area contributed by atoms with Crippen LogP contribution in [0.5, 0.6) is 0 Å². The van der Waals surface area contributed by atoms with Crippen LogP contribution >= 0.6 is 34.8 Å². The SMILES string of the molecule is O=C(Nc1cc(C(=O)N(c2ccccc2)c2ccn[nH]2)ccc1Cl)c1ccc(=O)n(-c2c(Cl)cccc2Cl)c1. The Balaban J connectivity index is 1.46. The van der Waals surface area contributed by atoms with Crippen LogP contribution in [0.4, 0.5) is 17.2 Å². The van der Waals surface area contributed by atoms with Crippen LogP contribution in [0.1, 0.15) is 20.7 Å². The number of para-hydroxylation sites is 2. The smallest absolute Gasteiger partial charge is 0.264 e. The predicted octanol–water partition coefficient (Wildman–Crippen LogP) is 6.75. The largest absolute Gasteiger partial charge is 0.321 e. The molecule has 0 aliphatic heterocycles. The molecule has 0 aliphatic carbocycles. The molecular formula is C28H18Cl3N5O3. The fourth-order valence-electron chi connectivity index (χ4n) is 3.91. The molecule has 2 amide bonds. The van der Waals surface area contributed by atoms with Crippen LogP contribution in [0.2, 0.25) is 15.1 Å². The van der Waals surface area contributed by atoms with E-state index in [4.69, 9.17) is 34.8 Å². The summed E-state index contributed by atoms with van der Waals surface area (Å²) in [6.45, 7) is 0. The van der Waals surface area contributed by atoms with E-state index in [9.17, 15) is 14.4 Å². The first-order chi connectivity index (χ1) is 18.8. The Morgan fingerprint density at radius 3 is 2.23 bits per heavy atom. The van der Waals surface area contributed by atoms with Crippen molar-refractivity contribution >= 4 is 63.8 Å². The normalized spacial score (nSPS) is 10.7. The Morgan fingerprint density at radius 1 is 0.821 bits per heavy atom. The van der Waals surface area contributed by atoms with E-state index in [2.05, 4.69) is 15.5 Å². The van der Waals surface area contributed by atoms with Gasteiger partial charge in [-0.05, 0) is 48.5 Å². The van der Waals surface area contributed by atoms with Crippen LogP contribution < -0.4 is 15.8 Å². The van der Waals surface area contributed by atoms with Gasteiger partial charge in [0.25, 0.3) is 17.4 Å². The fraction of sp³-hybridized carbons (Fsp3) is 0. The van der Waals surface area contributed by atoms with Crippen LogP contribution in [0.3, 0.4) is 0 Å². The summed E-state index contributed by atoms with van der Waals surface area (Å²) in [6, 6.07) is 22.7. The van der Waals surface area contributed by atoms with Gasteiger partial charge in [-0.1, -0.05) is 59.1 Å². The molecule has 0 spiro atoms. The quantitative estimate of drug-likeness (QED) is 0.233. The first-order valence-corrected chi connectivity index (χ1v) is 12.6. The summed E-state index contributed by atoms with van der Waals surface area (Å²) in [4.78, 5) is 40.8. The highest BCUT2D eigenvalue weighted by Crippen LogP contribution is 2.30. The maximum absolute atomic E-state index is 13.6. The number of aromatic amines is 1. The van der Waals surface area contributed by atoms with Gasteiger partial charge in [0.1, 0.15) is 5.82 Å². The lowest BCUT2D eigenvalue weighted by Gasteiger charge is -2.21. The van der Waals surface area contributed by atoms with Crippen molar-refractivity contribution in [1.82, 2.24) is 14.8 Å². The Kier molecular flexibility index (Phi) is 7.51. The average molecular weight is 579 g/mol. The van der Waals surface area contributed by atoms with Crippen molar-refractivity contribution in [3.63, 3.8) is 0 Å². The molecule has 3 aromatic carbocycles. The topological polar surface area (TPSA) is 100 Å². The summed E-state index contributed by atoms with van der Waals surface area (Å²) in [7, 11) is 0. The van der Waals surface area contributed by atoms with Crippen molar-refractivity contribution in [3.05, 3.63) is 134 Å². The van der Waals surface area contributed by atoms with E-state index in [0.717, 1.165) is 0 Å². The Bertz CT molecular complexity index is 1720. The number of amides is 2. The molecule has 5 aromatic rings. The van der Waals surface area contributed by atoms with Crippen LogP contribution in [0, 0.1) is 0 Å². The molecule has 2 N–H and O–H groups in total. The van der Waals surface area contributed by atoms with Gasteiger partial charge in [-0.2, -0.15) is 5.10 Å². The summed E-state index contributed by atoms with van der Waals surface area (Å²) in [5, 5.41) is 10.2. The minimum absolute atomic E-state index is 0.141. The number of aromatic nitrogens is 3. The molecule has 0 fully saturated rings. The molecule has 0 saturated carbocycles. The maximum atomic E-state index is 13.6. The number of carbonyl (C=O) groups excluding carboxylic acids is 2. The van der Waals surface area contributed by atoms with E-state index in [-0.39, 0.29) is 43.5 Å². The van der Waals surface area contributed by atoms with Crippen LogP contribution in [-0.4, -0.2) is 26.6 Å². The number of hydrogen-bond donors (Lipinski definition) is 2. The number of benzene rings is 3. The summed E-state index contributed by atoms with van der Waals surface area (Å²) in [5.74, 6) is -0.473. The molecule has 0 radical (unpaired) electrons. The molecule has 2 heterocycles. The zero-order valence-corrected chi connectivity index (χ0v) is 22.2. The molecule has 0 aliphatic rings. The second-order valence-corrected chi connectivity index (χ2v) is 9.48. The first-order valence-electron chi connectivity index (χ1n) is 11.5. The van der Waals surface area contributed by atoms with Gasteiger partial charge in [0.15, 0.2) is 0 Å². The second-order valence-electron chi connectivity index (χ2n) is 8.26. The van der Waals surface area contributed by atoms with E-state index in [0.29, 0.717) is 11.5 Å². The van der Waals surface area contributed by atoms with Gasteiger partial charge in [0, 0.05) is 23.9 Å². The van der Waals surface area contributed by atoms with Crippen molar-refractivity contribution in [2.24, 2.45) is 0 Å². The van der Waals surface area contributed by atoms with Gasteiger partial charge in [-0.15, -0.1) is 0 Å². The third-order valence-electron chi connectivity index (χ3n) is 5.76. The number of carbonyl (C=O) groups is 2. The number of halogens is 3. The van der Waals surface area contributed by atoms with Crippen molar-refractivity contribution in [3.8, 4) is 5.69 Å². The second kappa shape index (κ2) is 11.2. The molecule has 0 unspecified atom stereocenters. The van der Waals surface area contributed by atoms with Gasteiger partial charge in [0.05, 0.1) is 43.9 Å². The highest BCUT2D eigenvalue weighted by molar-refractivity contribution is 6.37. The number of nitrogens with one attached hydrogen (secondary N) is 2. The lowest BCUT2D eigenvalue weighted by atomic mass is 10.1. The van der Waals surface area contributed by atoms with Crippen LogP contribution in [-0.2, 0) is 0 Å². The number of pyridine rings is 1. The van der Waals surface area contributed by atoms with Gasteiger partial charge in [-0.3, -0.25) is 28.9 Å². The van der Waals surface area contributed by atoms with Crippen LogP contribution in [0.15, 0.2) is 102 Å². The standard InChI is InChI=1S/C28H18Cl3N5O3/c29-20-11-9-17(28(39)36(24-13-14-32-34-24)19-5-2-1-3-6-19)15-23(20)33-27(38)18-10-12-25(37)35(16-18)26-21(30)7-4-8-22(26)31/h1-16H,(H,32,34)(H,33,38). The van der Waals surface area contributed by atoms with E-state index >= 15 is 0 Å². The van der Waals surface area contributed by atoms with Crippen LogP contribution in [0.25, 0.3) is 5.69 Å². The van der Waals surface area contributed by atoms with Crippen molar-refractivity contribution in [2.75, 3.05) is 10.2 Å². The van der Waals surface area contributed by atoms with Gasteiger partial charge in [-0.25, -0.2) is 0 Å². The number of H-pyrrole nitrogens is 1. The lowest BCUT2D eigenvalue weighted by molar-refractivity contribution is 0.0994. The molecule has 5 rings (SSSR count). The zero-order valence-electron chi connectivity index (χ0n) is 19.9. The molecule has 0 saturated heterocycles. The number of nitrogens with zero attached hydrogens (tertiary/aromatic N) is 3. The molecule has 11 heteroatoms. The van der Waals surface area contributed by atoms with Gasteiger partial charge >= 0.3 is 0 Å². The van der Waals surface area contributed by atoms with Crippen molar-refractivity contribution < 1.29 is 9.59 Å². The number of rotatable bonds is 6. The number of hydrogen-bond acceptors (Lipinski definition) is 4. The van der Waals surface area contributed by atoms with Gasteiger partial charge in [0.2, 0.25) is 0 Å². The van der Waals surface area contributed by atoms with Gasteiger partial charge < -0.3 is 5.32 Å². The minimum Gasteiger partial charge on any atom is -0.321 e. The Hall–Kier alpha value is -4.37. The average Bonchev–Trinajstić information content (AvgIpc) is 3.46. The molecule has 0 bridgehead atoms. The summed E-state index contributed by atoms with van der Waals surface area (Å²) in [5.41, 5.74) is 1.06. The Labute approximate surface area is 237 Å². The molecule has 8 nitrogen and oxygen atoms in total. The van der Waals surface area contributed by atoms with Crippen molar-refractivity contribution in [1.29, 1.82) is 0 Å². The predicted molar refractivity (Wildman–Crippen MR) is 153 cm³/mol. The molecule has 0 atom stereocenters. The van der Waals surface area contributed by atoms with Crippen molar-refractivity contribution in [2.45, 2.75) is 0 Å². The number of anilines is 3. The first kappa shape index (κ1) is 26.2. The van der Waals surface area contributed by atoms with E-state index in [1.807, 2.05) is 18.2 Å². The molecule has 2 aromatic heterocycles. The molecular weight excluding hydrogens is 561 g/mol. The minimum atomic E-state index is -0.563. The molecule has 39 heavy (non-hydrogen) atoms. The van der Waals surface area contributed by atoms with E-state index in [1.54, 1.807) is 48.7 Å². The fourth-order valence-corrected chi connectivity index (χ4v) is 4.65. The summed E-state index contributed by atoms with van der Waals surface area (Å²) >= 11 is 18.9. The zero-order chi connectivity index (χ0) is 27.5. The lowest BCUT2D eigenvalue weighted by Crippen LogP contribution is -2.26. The highest BCUT2D eigenvalue weighted by atomic mass is 35.5. The third kappa shape index (κ3) is 5.44. The summed E-state index contributed by atoms with van der Waals surface area (Å²) in [6.07, 6.45) is 2.88. The third-order valence-corrected chi connectivity index (χ3v) is 6.70. The maximum Gasteiger partial charge on any atom is 0.264 e. The summed E-state index contributed by atoms with van der Waals surface area (Å²) < 4.78 is 1.20. The Morgan fingerprint density at radius 2 is 1.54 bits per heavy atom. The monoisotopic (exact) mass is 577 g/mol. The van der Waals surface area contributed by atoms with E-state index in [1.165, 1.54) is 39.9 Å².